The predicted octanol–water partition coefficient (Wildman–Crippen LogP) is 3.19. The molecule has 1 aromatic carbocycles. The molecule has 1 heterocycles. The van der Waals surface area contributed by atoms with Crippen LogP contribution in [0.3, 0.4) is 0 Å². The van der Waals surface area contributed by atoms with E-state index in [1.165, 1.54) is 0 Å². The summed E-state index contributed by atoms with van der Waals surface area (Å²) in [7, 11) is 1.87. The molecule has 0 aliphatic heterocycles. The van der Waals surface area contributed by atoms with Crippen molar-refractivity contribution >= 4 is 21.7 Å². The van der Waals surface area contributed by atoms with Crippen LogP contribution >= 0.6 is 15.9 Å². The van der Waals surface area contributed by atoms with Gasteiger partial charge in [-0.05, 0) is 24.6 Å². The molecule has 3 nitrogen and oxygen atoms in total. The van der Waals surface area contributed by atoms with E-state index < -0.39 is 0 Å². The van der Waals surface area contributed by atoms with Gasteiger partial charge in [0.05, 0.1) is 5.69 Å². The van der Waals surface area contributed by atoms with Crippen molar-refractivity contribution in [2.45, 2.75) is 6.92 Å². The summed E-state index contributed by atoms with van der Waals surface area (Å²) in [6, 6.07) is 8.16. The quantitative estimate of drug-likeness (QED) is 0.876. The van der Waals surface area contributed by atoms with Crippen LogP contribution in [-0.2, 0) is 0 Å². The Kier molecular flexibility index (Phi) is 2.77. The average Bonchev–Trinajstić information content (AvgIpc) is 2.61. The fourth-order valence-corrected chi connectivity index (χ4v) is 1.80. The number of nitrogens with zero attached hydrogens (tertiary/aromatic N) is 1. The third kappa shape index (κ3) is 1.90. The molecule has 0 atom stereocenters. The van der Waals surface area contributed by atoms with E-state index in [1.54, 1.807) is 0 Å². The number of benzene rings is 1. The van der Waals surface area contributed by atoms with Crippen molar-refractivity contribution in [3.63, 3.8) is 0 Å². The fraction of sp³-hybridized carbons (Fsp3) is 0.182. The molecule has 2 N–H and O–H groups in total. The van der Waals surface area contributed by atoms with Gasteiger partial charge in [0, 0.05) is 17.1 Å². The summed E-state index contributed by atoms with van der Waals surface area (Å²) < 4.78 is 1.08. The van der Waals surface area contributed by atoms with Crippen LogP contribution in [0.5, 0.6) is 0 Å². The molecule has 0 unspecified atom stereocenters. The third-order valence-corrected chi connectivity index (χ3v) is 2.91. The van der Waals surface area contributed by atoms with Gasteiger partial charge in [0.1, 0.15) is 0 Å². The van der Waals surface area contributed by atoms with Crippen LogP contribution in [0, 0.1) is 6.92 Å². The van der Waals surface area contributed by atoms with Crippen molar-refractivity contribution in [2.24, 2.45) is 0 Å². The second-order valence-corrected chi connectivity index (χ2v) is 4.24. The van der Waals surface area contributed by atoms with Crippen LogP contribution in [0.4, 0.5) is 5.82 Å². The lowest BCUT2D eigenvalue weighted by atomic mass is 10.1. The first kappa shape index (κ1) is 10.2. The van der Waals surface area contributed by atoms with E-state index >= 15 is 0 Å². The van der Waals surface area contributed by atoms with E-state index in [1.807, 2.05) is 26.1 Å². The van der Waals surface area contributed by atoms with E-state index in [0.717, 1.165) is 27.1 Å². The zero-order chi connectivity index (χ0) is 10.8. The lowest BCUT2D eigenvalue weighted by Gasteiger charge is -2.00. The van der Waals surface area contributed by atoms with Gasteiger partial charge in [-0.15, -0.1) is 0 Å². The van der Waals surface area contributed by atoms with Gasteiger partial charge in [-0.25, -0.2) is 0 Å². The van der Waals surface area contributed by atoms with Crippen LogP contribution in [0.15, 0.2) is 28.7 Å². The smallest absolute Gasteiger partial charge is 0.151 e. The number of hydrogen-bond donors (Lipinski definition) is 2. The van der Waals surface area contributed by atoms with Gasteiger partial charge in [-0.1, -0.05) is 28.1 Å². The lowest BCUT2D eigenvalue weighted by Crippen LogP contribution is -1.89. The molecule has 0 radical (unpaired) electrons. The number of halogens is 1. The Morgan fingerprint density at radius 3 is 2.47 bits per heavy atom. The Hall–Kier alpha value is -1.29. The summed E-state index contributed by atoms with van der Waals surface area (Å²) in [5.74, 6) is 0.896. The highest BCUT2D eigenvalue weighted by atomic mass is 79.9. The first-order chi connectivity index (χ1) is 7.22. The van der Waals surface area contributed by atoms with Gasteiger partial charge in [-0.3, -0.25) is 5.10 Å². The number of nitrogens with one attached hydrogen (secondary N) is 2. The van der Waals surface area contributed by atoms with Gasteiger partial charge < -0.3 is 5.32 Å². The van der Waals surface area contributed by atoms with Crippen molar-refractivity contribution in [3.8, 4) is 11.3 Å². The molecule has 15 heavy (non-hydrogen) atoms. The van der Waals surface area contributed by atoms with Crippen molar-refractivity contribution in [2.75, 3.05) is 12.4 Å². The Morgan fingerprint density at radius 1 is 1.27 bits per heavy atom. The molecule has 0 spiro atoms. The monoisotopic (exact) mass is 265 g/mol. The molecule has 0 aliphatic carbocycles. The van der Waals surface area contributed by atoms with Gasteiger partial charge in [0.2, 0.25) is 0 Å². The standard InChI is InChI=1S/C11H12BrN3/c1-7-10(14-15-11(7)13-2)8-3-5-9(12)6-4-8/h3-6H,1-2H3,(H2,13,14,15). The van der Waals surface area contributed by atoms with Gasteiger partial charge in [-0.2, -0.15) is 5.10 Å². The summed E-state index contributed by atoms with van der Waals surface area (Å²) in [6.45, 7) is 2.05. The maximum Gasteiger partial charge on any atom is 0.151 e. The molecule has 4 heteroatoms. The summed E-state index contributed by atoms with van der Waals surface area (Å²) >= 11 is 3.42. The summed E-state index contributed by atoms with van der Waals surface area (Å²) in [4.78, 5) is 0. The number of aromatic nitrogens is 2. The highest BCUT2D eigenvalue weighted by molar-refractivity contribution is 9.10. The van der Waals surface area contributed by atoms with E-state index in [9.17, 15) is 0 Å². The first-order valence-electron chi connectivity index (χ1n) is 4.71. The number of H-pyrrole nitrogens is 1. The van der Waals surface area contributed by atoms with Crippen LogP contribution in [0.25, 0.3) is 11.3 Å². The third-order valence-electron chi connectivity index (χ3n) is 2.38. The molecule has 0 aliphatic rings. The lowest BCUT2D eigenvalue weighted by molar-refractivity contribution is 1.09. The zero-order valence-electron chi connectivity index (χ0n) is 8.63. The van der Waals surface area contributed by atoms with Crippen molar-refractivity contribution < 1.29 is 0 Å². The largest absolute Gasteiger partial charge is 0.371 e. The zero-order valence-corrected chi connectivity index (χ0v) is 10.2. The van der Waals surface area contributed by atoms with Crippen LogP contribution in [-0.4, -0.2) is 17.2 Å². The van der Waals surface area contributed by atoms with Crippen LogP contribution < -0.4 is 5.32 Å². The SMILES string of the molecule is CNc1n[nH]c(-c2ccc(Br)cc2)c1C. The van der Waals surface area contributed by atoms with Crippen LogP contribution in [0.2, 0.25) is 0 Å². The summed E-state index contributed by atoms with van der Waals surface area (Å²) in [5, 5.41) is 10.3. The molecule has 1 aromatic heterocycles. The van der Waals surface area contributed by atoms with Crippen LogP contribution in [0.1, 0.15) is 5.56 Å². The molecule has 2 aromatic rings. The Bertz CT molecular complexity index is 459. The van der Waals surface area contributed by atoms with Gasteiger partial charge in [0.15, 0.2) is 5.82 Å². The first-order valence-corrected chi connectivity index (χ1v) is 5.50. The number of hydrogen-bond acceptors (Lipinski definition) is 2. The van der Waals surface area contributed by atoms with E-state index in [-0.39, 0.29) is 0 Å². The van der Waals surface area contributed by atoms with E-state index in [4.69, 9.17) is 0 Å². The molecule has 0 fully saturated rings. The summed E-state index contributed by atoms with van der Waals surface area (Å²) in [5.41, 5.74) is 3.34. The Balaban J connectivity index is 2.45. The minimum atomic E-state index is 0.896. The maximum atomic E-state index is 4.19. The predicted molar refractivity (Wildman–Crippen MR) is 66.0 cm³/mol. The second-order valence-electron chi connectivity index (χ2n) is 3.33. The molecule has 0 saturated heterocycles. The number of rotatable bonds is 2. The molecule has 0 saturated carbocycles. The molecule has 0 amide bonds. The van der Waals surface area contributed by atoms with Crippen molar-refractivity contribution in [3.05, 3.63) is 34.3 Å². The molecule has 2 rings (SSSR count). The number of aromatic amines is 1. The molecule has 0 bridgehead atoms. The molecular weight excluding hydrogens is 254 g/mol. The Morgan fingerprint density at radius 2 is 1.93 bits per heavy atom. The Labute approximate surface area is 97.0 Å². The summed E-state index contributed by atoms with van der Waals surface area (Å²) in [6.07, 6.45) is 0. The van der Waals surface area contributed by atoms with E-state index in [0.29, 0.717) is 0 Å². The fourth-order valence-electron chi connectivity index (χ4n) is 1.54. The highest BCUT2D eigenvalue weighted by Crippen LogP contribution is 2.26. The second kappa shape index (κ2) is 4.06. The average molecular weight is 266 g/mol. The molecular formula is C11H12BrN3. The normalized spacial score (nSPS) is 10.3. The maximum absolute atomic E-state index is 4.19. The topological polar surface area (TPSA) is 40.7 Å². The minimum absolute atomic E-state index is 0.896. The van der Waals surface area contributed by atoms with Crippen molar-refractivity contribution in [1.29, 1.82) is 0 Å². The minimum Gasteiger partial charge on any atom is -0.371 e. The van der Waals surface area contributed by atoms with Crippen molar-refractivity contribution in [1.82, 2.24) is 10.2 Å². The molecule has 78 valence electrons. The van der Waals surface area contributed by atoms with Gasteiger partial charge >= 0.3 is 0 Å². The van der Waals surface area contributed by atoms with E-state index in [2.05, 4.69) is 43.6 Å². The highest BCUT2D eigenvalue weighted by Gasteiger charge is 2.08. The number of anilines is 1. The van der Waals surface area contributed by atoms with Gasteiger partial charge in [0.25, 0.3) is 0 Å².